The average molecular weight is 347 g/mol. The molecule has 0 aliphatic rings. The first-order valence-electron chi connectivity index (χ1n) is 7.04. The molecule has 3 aromatic rings. The number of furan rings is 1. The molecule has 0 radical (unpaired) electrons. The van der Waals surface area contributed by atoms with Crippen molar-refractivity contribution >= 4 is 34.7 Å². The quantitative estimate of drug-likeness (QED) is 0.690. The van der Waals surface area contributed by atoms with E-state index in [2.05, 4.69) is 15.7 Å². The summed E-state index contributed by atoms with van der Waals surface area (Å²) in [5.41, 5.74) is 1.09. The highest BCUT2D eigenvalue weighted by Gasteiger charge is 2.03. The normalized spacial score (nSPS) is 10.5. The van der Waals surface area contributed by atoms with Gasteiger partial charge in [-0.1, -0.05) is 23.7 Å². The number of nitrogens with zero attached hydrogens (tertiary/aromatic N) is 2. The van der Waals surface area contributed by atoms with Crippen molar-refractivity contribution in [2.45, 2.75) is 13.1 Å². The predicted molar refractivity (Wildman–Crippen MR) is 94.5 cm³/mol. The Morgan fingerprint density at radius 3 is 2.96 bits per heavy atom. The van der Waals surface area contributed by atoms with Crippen LogP contribution in [0, 0.1) is 0 Å². The molecule has 1 aromatic carbocycles. The van der Waals surface area contributed by atoms with E-state index in [-0.39, 0.29) is 0 Å². The van der Waals surface area contributed by atoms with Gasteiger partial charge >= 0.3 is 0 Å². The summed E-state index contributed by atoms with van der Waals surface area (Å²) in [6, 6.07) is 13.3. The number of halogens is 1. The van der Waals surface area contributed by atoms with Crippen LogP contribution < -0.4 is 10.6 Å². The number of aromatic nitrogens is 2. The van der Waals surface area contributed by atoms with E-state index in [1.807, 2.05) is 53.3 Å². The fourth-order valence-electron chi connectivity index (χ4n) is 2.08. The molecule has 5 nitrogen and oxygen atoms in total. The summed E-state index contributed by atoms with van der Waals surface area (Å²) in [7, 11) is 0. The third kappa shape index (κ3) is 4.58. The van der Waals surface area contributed by atoms with E-state index in [4.69, 9.17) is 28.2 Å². The van der Waals surface area contributed by atoms with Gasteiger partial charge < -0.3 is 15.1 Å². The number of benzene rings is 1. The molecule has 3 rings (SSSR count). The van der Waals surface area contributed by atoms with Crippen molar-refractivity contribution in [2.24, 2.45) is 0 Å². The van der Waals surface area contributed by atoms with Crippen LogP contribution in [-0.2, 0) is 13.1 Å². The summed E-state index contributed by atoms with van der Waals surface area (Å²) in [5, 5.41) is 11.7. The van der Waals surface area contributed by atoms with E-state index >= 15 is 0 Å². The molecule has 0 aliphatic heterocycles. The smallest absolute Gasteiger partial charge is 0.172 e. The van der Waals surface area contributed by atoms with E-state index in [0.717, 1.165) is 16.3 Å². The van der Waals surface area contributed by atoms with E-state index in [0.29, 0.717) is 24.0 Å². The standard InChI is InChI=1S/C16H15ClN4OS/c17-13-4-1-3-12(9-13)11-21-7-6-15(20-21)19-16(23)18-10-14-5-2-8-22-14/h1-9H,10-11H2,(H2,18,19,20,23). The number of nitrogens with one attached hydrogen (secondary N) is 2. The van der Waals surface area contributed by atoms with Crippen LogP contribution in [0.25, 0.3) is 0 Å². The molecule has 0 amide bonds. The Hall–Kier alpha value is -2.31. The molecule has 0 bridgehead atoms. The third-order valence-electron chi connectivity index (χ3n) is 3.12. The summed E-state index contributed by atoms with van der Waals surface area (Å²) in [4.78, 5) is 0. The second kappa shape index (κ2) is 7.30. The molecule has 0 atom stereocenters. The molecule has 7 heteroatoms. The van der Waals surface area contributed by atoms with Crippen molar-refractivity contribution in [3.63, 3.8) is 0 Å². The maximum atomic E-state index is 5.99. The van der Waals surface area contributed by atoms with E-state index in [9.17, 15) is 0 Å². The summed E-state index contributed by atoms with van der Waals surface area (Å²) in [6.45, 7) is 1.18. The van der Waals surface area contributed by atoms with Crippen LogP contribution in [0.5, 0.6) is 0 Å². The van der Waals surface area contributed by atoms with Gasteiger partial charge in [0.2, 0.25) is 0 Å². The molecule has 2 N–H and O–H groups in total. The van der Waals surface area contributed by atoms with Crippen molar-refractivity contribution in [1.29, 1.82) is 0 Å². The van der Waals surface area contributed by atoms with Gasteiger partial charge in [-0.15, -0.1) is 0 Å². The molecule has 0 fully saturated rings. The molecule has 0 unspecified atom stereocenters. The molecule has 0 spiro atoms. The molecule has 0 saturated heterocycles. The minimum atomic E-state index is 0.495. The SMILES string of the molecule is S=C(NCc1ccco1)Nc1ccn(Cc2cccc(Cl)c2)n1. The zero-order chi connectivity index (χ0) is 16.1. The summed E-state index contributed by atoms with van der Waals surface area (Å²) in [5.74, 6) is 1.50. The molecule has 0 aliphatic carbocycles. The second-order valence-electron chi connectivity index (χ2n) is 4.92. The average Bonchev–Trinajstić information content (AvgIpc) is 3.17. The highest BCUT2D eigenvalue weighted by Crippen LogP contribution is 2.12. The Bertz CT molecular complexity index is 785. The lowest BCUT2D eigenvalue weighted by atomic mass is 10.2. The summed E-state index contributed by atoms with van der Waals surface area (Å²) < 4.78 is 7.06. The van der Waals surface area contributed by atoms with E-state index in [1.54, 1.807) is 6.26 Å². The Kier molecular flexibility index (Phi) is 4.95. The number of anilines is 1. The van der Waals surface area contributed by atoms with E-state index < -0.39 is 0 Å². The van der Waals surface area contributed by atoms with Gasteiger partial charge in [0.25, 0.3) is 0 Å². The lowest BCUT2D eigenvalue weighted by Crippen LogP contribution is -2.27. The van der Waals surface area contributed by atoms with E-state index in [1.165, 1.54) is 0 Å². The minimum absolute atomic E-state index is 0.495. The first-order valence-corrected chi connectivity index (χ1v) is 7.83. The van der Waals surface area contributed by atoms with Gasteiger partial charge in [-0.25, -0.2) is 0 Å². The summed E-state index contributed by atoms with van der Waals surface area (Å²) in [6.07, 6.45) is 3.52. The highest BCUT2D eigenvalue weighted by atomic mass is 35.5. The van der Waals surface area contributed by atoms with Gasteiger partial charge in [-0.3, -0.25) is 4.68 Å². The van der Waals surface area contributed by atoms with Crippen LogP contribution in [0.15, 0.2) is 59.3 Å². The zero-order valence-corrected chi connectivity index (χ0v) is 13.8. The maximum Gasteiger partial charge on any atom is 0.172 e. The van der Waals surface area contributed by atoms with Gasteiger partial charge in [-0.05, 0) is 42.0 Å². The van der Waals surface area contributed by atoms with Crippen molar-refractivity contribution < 1.29 is 4.42 Å². The van der Waals surface area contributed by atoms with Gasteiger partial charge in [0, 0.05) is 17.3 Å². The predicted octanol–water partition coefficient (Wildman–Crippen LogP) is 3.66. The lowest BCUT2D eigenvalue weighted by Gasteiger charge is -2.07. The molecule has 118 valence electrons. The Morgan fingerprint density at radius 2 is 2.17 bits per heavy atom. The van der Waals surface area contributed by atoms with Crippen molar-refractivity contribution in [3.8, 4) is 0 Å². The molecular weight excluding hydrogens is 332 g/mol. The van der Waals surface area contributed by atoms with Gasteiger partial charge in [-0.2, -0.15) is 5.10 Å². The highest BCUT2D eigenvalue weighted by molar-refractivity contribution is 7.80. The Labute approximate surface area is 144 Å². The van der Waals surface area contributed by atoms with Crippen LogP contribution in [0.4, 0.5) is 5.82 Å². The number of hydrogen-bond donors (Lipinski definition) is 2. The fraction of sp³-hybridized carbons (Fsp3) is 0.125. The lowest BCUT2D eigenvalue weighted by molar-refractivity contribution is 0.503. The van der Waals surface area contributed by atoms with Crippen molar-refractivity contribution in [1.82, 2.24) is 15.1 Å². The number of thiocarbonyl (C=S) groups is 1. The second-order valence-corrected chi connectivity index (χ2v) is 5.76. The van der Waals surface area contributed by atoms with Crippen molar-refractivity contribution in [3.05, 3.63) is 71.3 Å². The first kappa shape index (κ1) is 15.6. The van der Waals surface area contributed by atoms with Crippen LogP contribution in [0.3, 0.4) is 0 Å². The monoisotopic (exact) mass is 346 g/mol. The van der Waals surface area contributed by atoms with Crippen molar-refractivity contribution in [2.75, 3.05) is 5.32 Å². The van der Waals surface area contributed by atoms with Crippen LogP contribution >= 0.6 is 23.8 Å². The van der Waals surface area contributed by atoms with Crippen LogP contribution in [0.1, 0.15) is 11.3 Å². The number of hydrogen-bond acceptors (Lipinski definition) is 3. The Morgan fingerprint density at radius 1 is 1.26 bits per heavy atom. The van der Waals surface area contributed by atoms with Gasteiger partial charge in [0.1, 0.15) is 5.76 Å². The largest absolute Gasteiger partial charge is 0.467 e. The van der Waals surface area contributed by atoms with Gasteiger partial charge in [0.15, 0.2) is 10.9 Å². The summed E-state index contributed by atoms with van der Waals surface area (Å²) >= 11 is 11.2. The first-order chi connectivity index (χ1) is 11.2. The van der Waals surface area contributed by atoms with Gasteiger partial charge in [0.05, 0.1) is 19.4 Å². The molecule has 0 saturated carbocycles. The van der Waals surface area contributed by atoms with Crippen LogP contribution in [-0.4, -0.2) is 14.9 Å². The minimum Gasteiger partial charge on any atom is -0.467 e. The zero-order valence-electron chi connectivity index (χ0n) is 12.2. The third-order valence-corrected chi connectivity index (χ3v) is 3.60. The molecule has 23 heavy (non-hydrogen) atoms. The fourth-order valence-corrected chi connectivity index (χ4v) is 2.47. The molecular formula is C16H15ClN4OS. The Balaban J connectivity index is 1.53. The maximum absolute atomic E-state index is 5.99. The number of rotatable bonds is 5. The van der Waals surface area contributed by atoms with Crippen LogP contribution in [0.2, 0.25) is 5.02 Å². The topological polar surface area (TPSA) is 55.0 Å². The molecule has 2 heterocycles. The molecule has 2 aromatic heterocycles.